The topological polar surface area (TPSA) is 195 Å². The Balaban J connectivity index is 2.08. The predicted molar refractivity (Wildman–Crippen MR) is 68.6 cm³/mol. The monoisotopic (exact) mass is 326 g/mol. The molecule has 0 amide bonds. The van der Waals surface area contributed by atoms with Crippen LogP contribution in [0.5, 0.6) is 0 Å². The normalized spacial score (nSPS) is 53.5. The summed E-state index contributed by atoms with van der Waals surface area (Å²) in [5, 5.41) is 58.4. The lowest BCUT2D eigenvalue weighted by Crippen LogP contribution is -2.82. The van der Waals surface area contributed by atoms with Gasteiger partial charge < -0.3 is 51.6 Å². The average Bonchev–Trinajstić information content (AvgIpc) is 2.49. The van der Waals surface area contributed by atoms with Crippen molar-refractivity contribution in [2.45, 2.75) is 67.5 Å². The molecule has 22 heavy (non-hydrogen) atoms. The molecule has 1 aliphatic heterocycles. The number of aliphatic hydroxyl groups is 6. The van der Waals surface area contributed by atoms with Crippen molar-refractivity contribution in [1.82, 2.24) is 0 Å². The van der Waals surface area contributed by atoms with Gasteiger partial charge in [-0.3, -0.25) is 0 Å². The van der Waals surface area contributed by atoms with Gasteiger partial charge in [0.25, 0.3) is 0 Å². The van der Waals surface area contributed by atoms with Gasteiger partial charge in [0.15, 0.2) is 6.29 Å². The van der Waals surface area contributed by atoms with Crippen LogP contribution in [0.4, 0.5) is 0 Å². The Hall–Kier alpha value is -0.400. The molecule has 1 saturated heterocycles. The Morgan fingerprint density at radius 2 is 1.50 bits per heavy atom. The van der Waals surface area contributed by atoms with Gasteiger partial charge in [0.05, 0.1) is 13.0 Å². The van der Waals surface area contributed by atoms with Crippen LogP contribution in [0.1, 0.15) is 6.42 Å². The molecule has 10 nitrogen and oxygen atoms in total. The molecule has 0 unspecified atom stereocenters. The van der Waals surface area contributed by atoms with Crippen LogP contribution in [0.25, 0.3) is 0 Å². The minimum absolute atomic E-state index is 0.396. The summed E-state index contributed by atoms with van der Waals surface area (Å²) in [7, 11) is 0. The molecule has 12 N–H and O–H groups in total. The predicted octanol–water partition coefficient (Wildman–Crippen LogP) is -6.48. The summed E-state index contributed by atoms with van der Waals surface area (Å²) >= 11 is 0. The van der Waals surface area contributed by atoms with E-state index >= 15 is 0 Å². The van der Waals surface area contributed by atoms with E-state index in [2.05, 4.69) is 11.5 Å². The van der Waals surface area contributed by atoms with Gasteiger partial charge in [-0.15, -0.1) is 0 Å². The molecule has 1 heterocycles. The van der Waals surface area contributed by atoms with Crippen molar-refractivity contribution in [3.63, 3.8) is 0 Å². The quantitative estimate of drug-likeness (QED) is 0.250. The number of hydrogen-bond acceptors (Lipinski definition) is 8. The Kier molecular flexibility index (Phi) is 5.72. The molecule has 10 heteroatoms. The summed E-state index contributed by atoms with van der Waals surface area (Å²) in [5.41, 5.74) is 7.57. The molecule has 2 fully saturated rings. The van der Waals surface area contributed by atoms with Crippen molar-refractivity contribution in [3.8, 4) is 0 Å². The molecule has 0 aromatic rings. The molecule has 2 aliphatic rings. The molecule has 0 aromatic carbocycles. The first-order valence-electron chi connectivity index (χ1n) is 7.26. The Labute approximate surface area is 126 Å². The fourth-order valence-corrected chi connectivity index (χ4v) is 2.94. The van der Waals surface area contributed by atoms with Gasteiger partial charge in [-0.25, -0.2) is 0 Å². The van der Waals surface area contributed by atoms with Gasteiger partial charge in [-0.1, -0.05) is 0 Å². The molecule has 0 aromatic heterocycles. The van der Waals surface area contributed by atoms with Crippen molar-refractivity contribution >= 4 is 0 Å². The van der Waals surface area contributed by atoms with E-state index in [1.807, 2.05) is 0 Å². The summed E-state index contributed by atoms with van der Waals surface area (Å²) < 4.78 is 10.7. The molecule has 10 atom stereocenters. The lowest BCUT2D eigenvalue weighted by atomic mass is 9.84. The summed E-state index contributed by atoms with van der Waals surface area (Å²) in [6.07, 6.45) is -9.99. The highest BCUT2D eigenvalue weighted by Crippen LogP contribution is 2.26. The standard InChI is InChI=1S/C12H24N2O8/c13-3-1-4(14)11(9(19)6(3)16)22-12-10(20)8(18)7(17)5(2-15)21-12/h3-12,15-20H,1-2,13-14H2/p+2/t3-,4+,5-,6+,7-,8+,9-,10-,11-,12-/m1/s1. The SMILES string of the molecule is [NH3+][C@@H]1C[C@H]([NH3+])[C@@H](O[C@H]2O[C@H](CO)[C@@H](O)[C@H](O)[C@H]2O)[C@H](O)[C@H]1O. The maximum atomic E-state index is 10.1. The van der Waals surface area contributed by atoms with E-state index in [9.17, 15) is 25.5 Å². The zero-order valence-electron chi connectivity index (χ0n) is 12.1. The zero-order chi connectivity index (χ0) is 16.6. The largest absolute Gasteiger partial charge is 0.394 e. The molecular weight excluding hydrogens is 300 g/mol. The maximum absolute atomic E-state index is 10.1. The third-order valence-electron chi connectivity index (χ3n) is 4.38. The molecule has 130 valence electrons. The van der Waals surface area contributed by atoms with Crippen LogP contribution in [0.2, 0.25) is 0 Å². The highest BCUT2D eigenvalue weighted by Gasteiger charge is 2.50. The minimum atomic E-state index is -1.56. The van der Waals surface area contributed by atoms with Crippen molar-refractivity contribution in [1.29, 1.82) is 0 Å². The van der Waals surface area contributed by atoms with E-state index in [1.54, 1.807) is 0 Å². The van der Waals surface area contributed by atoms with Crippen LogP contribution >= 0.6 is 0 Å². The van der Waals surface area contributed by atoms with Crippen LogP contribution in [0, 0.1) is 0 Å². The summed E-state index contributed by atoms with van der Waals surface area (Å²) in [4.78, 5) is 0. The summed E-state index contributed by atoms with van der Waals surface area (Å²) in [5.74, 6) is 0. The maximum Gasteiger partial charge on any atom is 0.187 e. The fourth-order valence-electron chi connectivity index (χ4n) is 2.94. The number of quaternary nitrogens is 2. The van der Waals surface area contributed by atoms with Crippen LogP contribution in [0.15, 0.2) is 0 Å². The van der Waals surface area contributed by atoms with Crippen LogP contribution in [-0.4, -0.2) is 98.3 Å². The van der Waals surface area contributed by atoms with Crippen molar-refractivity contribution < 1.29 is 51.6 Å². The van der Waals surface area contributed by atoms with E-state index in [1.165, 1.54) is 0 Å². The highest BCUT2D eigenvalue weighted by atomic mass is 16.7. The number of aliphatic hydroxyl groups excluding tert-OH is 6. The minimum Gasteiger partial charge on any atom is -0.394 e. The van der Waals surface area contributed by atoms with Gasteiger partial charge in [0, 0.05) is 0 Å². The van der Waals surface area contributed by atoms with Gasteiger partial charge in [0.2, 0.25) is 0 Å². The Bertz CT molecular complexity index is 373. The Morgan fingerprint density at radius 1 is 0.864 bits per heavy atom. The van der Waals surface area contributed by atoms with E-state index in [0.717, 1.165) is 0 Å². The highest BCUT2D eigenvalue weighted by molar-refractivity contribution is 4.95. The first kappa shape index (κ1) is 17.9. The van der Waals surface area contributed by atoms with E-state index < -0.39 is 67.7 Å². The number of rotatable bonds is 3. The first-order valence-corrected chi connectivity index (χ1v) is 7.26. The first-order chi connectivity index (χ1) is 10.3. The number of hydrogen-bond donors (Lipinski definition) is 8. The smallest absolute Gasteiger partial charge is 0.187 e. The third-order valence-corrected chi connectivity index (χ3v) is 4.38. The second kappa shape index (κ2) is 7.01. The van der Waals surface area contributed by atoms with Crippen LogP contribution in [-0.2, 0) is 9.47 Å². The van der Waals surface area contributed by atoms with Crippen molar-refractivity contribution in [2.24, 2.45) is 0 Å². The second-order valence-electron chi connectivity index (χ2n) is 6.04. The molecular formula is C12H26N2O8+2. The molecule has 0 spiro atoms. The van der Waals surface area contributed by atoms with E-state index in [-0.39, 0.29) is 0 Å². The molecule has 0 bridgehead atoms. The fraction of sp³-hybridized carbons (Fsp3) is 1.00. The van der Waals surface area contributed by atoms with Crippen molar-refractivity contribution in [3.05, 3.63) is 0 Å². The lowest BCUT2D eigenvalue weighted by Gasteiger charge is -2.43. The van der Waals surface area contributed by atoms with Gasteiger partial charge in [-0.05, 0) is 0 Å². The van der Waals surface area contributed by atoms with Crippen molar-refractivity contribution in [2.75, 3.05) is 6.61 Å². The van der Waals surface area contributed by atoms with Crippen LogP contribution in [0.3, 0.4) is 0 Å². The lowest BCUT2D eigenvalue weighted by molar-refractivity contribution is -0.512. The molecule has 0 radical (unpaired) electrons. The molecule has 1 aliphatic carbocycles. The average molecular weight is 326 g/mol. The third kappa shape index (κ3) is 3.26. The molecule has 1 saturated carbocycles. The van der Waals surface area contributed by atoms with E-state index in [0.29, 0.717) is 6.42 Å². The Morgan fingerprint density at radius 3 is 2.09 bits per heavy atom. The van der Waals surface area contributed by atoms with Gasteiger partial charge in [0.1, 0.15) is 54.8 Å². The van der Waals surface area contributed by atoms with Gasteiger partial charge in [-0.2, -0.15) is 0 Å². The zero-order valence-corrected chi connectivity index (χ0v) is 12.1. The van der Waals surface area contributed by atoms with Crippen LogP contribution < -0.4 is 11.5 Å². The van der Waals surface area contributed by atoms with Gasteiger partial charge >= 0.3 is 0 Å². The molecule has 2 rings (SSSR count). The summed E-state index contributed by atoms with van der Waals surface area (Å²) in [6.45, 7) is -0.574. The summed E-state index contributed by atoms with van der Waals surface area (Å²) in [6, 6.07) is -0.805. The second-order valence-corrected chi connectivity index (χ2v) is 6.04. The number of ether oxygens (including phenoxy) is 2. The van der Waals surface area contributed by atoms with E-state index in [4.69, 9.17) is 14.6 Å².